The Morgan fingerprint density at radius 3 is 2.58 bits per heavy atom. The Morgan fingerprint density at radius 2 is 2.08 bits per heavy atom. The molecular weight excluding hydrogens is 156 g/mol. The Morgan fingerprint density at radius 1 is 1.50 bits per heavy atom. The van der Waals surface area contributed by atoms with Gasteiger partial charge in [0, 0.05) is 0 Å². The summed E-state index contributed by atoms with van der Waals surface area (Å²) in [5, 5.41) is 10.0. The fraction of sp³-hybridized carbons (Fsp3) is 0.750. The van der Waals surface area contributed by atoms with Crippen molar-refractivity contribution in [2.75, 3.05) is 20.1 Å². The largest absolute Gasteiger partial charge is 0.306 e. The highest BCUT2D eigenvalue weighted by Gasteiger charge is 2.14. The molecule has 1 aliphatic heterocycles. The maximum atomic E-state index is 10.0. The van der Waals surface area contributed by atoms with E-state index < -0.39 is 4.92 Å². The number of piperidine rings is 1. The Balaban J connectivity index is 2.30. The average molecular weight is 170 g/mol. The highest BCUT2D eigenvalue weighted by molar-refractivity contribution is 4.86. The molecule has 0 amide bonds. The summed E-state index contributed by atoms with van der Waals surface area (Å²) in [5.74, 6) is 0.409. The van der Waals surface area contributed by atoms with Crippen molar-refractivity contribution in [2.24, 2.45) is 5.92 Å². The Kier molecular flexibility index (Phi) is 3.22. The van der Waals surface area contributed by atoms with E-state index >= 15 is 0 Å². The number of rotatable bonds is 2. The number of nitro groups is 1. The van der Waals surface area contributed by atoms with E-state index in [4.69, 9.17) is 0 Å². The minimum Gasteiger partial charge on any atom is -0.306 e. The fourth-order valence-electron chi connectivity index (χ4n) is 1.41. The van der Waals surface area contributed by atoms with Crippen LogP contribution in [0.1, 0.15) is 12.8 Å². The molecule has 0 spiro atoms. The Labute approximate surface area is 72.0 Å². The van der Waals surface area contributed by atoms with Crippen LogP contribution in [0.15, 0.2) is 12.3 Å². The van der Waals surface area contributed by atoms with E-state index in [0.29, 0.717) is 5.92 Å². The van der Waals surface area contributed by atoms with Crippen LogP contribution < -0.4 is 0 Å². The number of hydrogen-bond donors (Lipinski definition) is 0. The molecule has 1 aliphatic rings. The molecule has 1 rings (SSSR count). The van der Waals surface area contributed by atoms with Crippen molar-refractivity contribution >= 4 is 0 Å². The third kappa shape index (κ3) is 3.00. The lowest BCUT2D eigenvalue weighted by atomic mass is 9.97. The monoisotopic (exact) mass is 170 g/mol. The van der Waals surface area contributed by atoms with Gasteiger partial charge in [0.25, 0.3) is 0 Å². The maximum absolute atomic E-state index is 10.0. The van der Waals surface area contributed by atoms with Crippen molar-refractivity contribution in [2.45, 2.75) is 12.8 Å². The summed E-state index contributed by atoms with van der Waals surface area (Å²) in [4.78, 5) is 11.9. The van der Waals surface area contributed by atoms with Gasteiger partial charge in [0.1, 0.15) is 0 Å². The van der Waals surface area contributed by atoms with Gasteiger partial charge in [0.2, 0.25) is 6.20 Å². The average Bonchev–Trinajstić information content (AvgIpc) is 2.03. The van der Waals surface area contributed by atoms with Gasteiger partial charge in [-0.15, -0.1) is 0 Å². The van der Waals surface area contributed by atoms with Crippen LogP contribution in [0.3, 0.4) is 0 Å². The van der Waals surface area contributed by atoms with E-state index in [1.165, 1.54) is 0 Å². The number of likely N-dealkylation sites (tertiary alicyclic amines) is 1. The van der Waals surface area contributed by atoms with Gasteiger partial charge in [-0.25, -0.2) is 0 Å². The van der Waals surface area contributed by atoms with Crippen molar-refractivity contribution in [1.82, 2.24) is 4.90 Å². The molecule has 12 heavy (non-hydrogen) atoms. The van der Waals surface area contributed by atoms with E-state index in [-0.39, 0.29) is 0 Å². The quantitative estimate of drug-likeness (QED) is 0.461. The predicted octanol–water partition coefficient (Wildman–Crippen LogP) is 1.12. The van der Waals surface area contributed by atoms with Crippen molar-refractivity contribution in [3.05, 3.63) is 22.4 Å². The van der Waals surface area contributed by atoms with Crippen molar-refractivity contribution in [3.63, 3.8) is 0 Å². The second-order valence-corrected chi connectivity index (χ2v) is 3.27. The lowest BCUT2D eigenvalue weighted by molar-refractivity contribution is -0.402. The first kappa shape index (κ1) is 9.19. The first-order valence-corrected chi connectivity index (χ1v) is 4.19. The molecule has 0 bridgehead atoms. The summed E-state index contributed by atoms with van der Waals surface area (Å²) in [5.41, 5.74) is 0. The van der Waals surface area contributed by atoms with E-state index in [1.807, 2.05) is 0 Å². The summed E-state index contributed by atoms with van der Waals surface area (Å²) in [6.45, 7) is 2.10. The Bertz CT molecular complexity index is 183. The smallest absolute Gasteiger partial charge is 0.230 e. The van der Waals surface area contributed by atoms with Crippen LogP contribution in [0.25, 0.3) is 0 Å². The topological polar surface area (TPSA) is 46.4 Å². The van der Waals surface area contributed by atoms with Crippen molar-refractivity contribution in [1.29, 1.82) is 0 Å². The molecule has 0 N–H and O–H groups in total. The zero-order chi connectivity index (χ0) is 8.97. The molecule has 0 radical (unpaired) electrons. The third-order valence-electron chi connectivity index (χ3n) is 2.24. The molecule has 68 valence electrons. The lowest BCUT2D eigenvalue weighted by Crippen LogP contribution is -2.29. The molecule has 0 aromatic heterocycles. The molecule has 0 aromatic carbocycles. The second-order valence-electron chi connectivity index (χ2n) is 3.27. The van der Waals surface area contributed by atoms with Gasteiger partial charge in [0.15, 0.2) is 0 Å². The summed E-state index contributed by atoms with van der Waals surface area (Å²) >= 11 is 0. The maximum Gasteiger partial charge on any atom is 0.230 e. The summed E-state index contributed by atoms with van der Waals surface area (Å²) in [6.07, 6.45) is 4.87. The summed E-state index contributed by atoms with van der Waals surface area (Å²) < 4.78 is 0. The van der Waals surface area contributed by atoms with Gasteiger partial charge < -0.3 is 4.90 Å². The van der Waals surface area contributed by atoms with E-state index in [1.54, 1.807) is 6.08 Å². The van der Waals surface area contributed by atoms with Gasteiger partial charge in [0.05, 0.1) is 4.92 Å². The fourth-order valence-corrected chi connectivity index (χ4v) is 1.41. The number of allylic oxidation sites excluding steroid dienone is 1. The van der Waals surface area contributed by atoms with Crippen LogP contribution in [-0.2, 0) is 0 Å². The van der Waals surface area contributed by atoms with Crippen LogP contribution in [0.4, 0.5) is 0 Å². The highest BCUT2D eigenvalue weighted by atomic mass is 16.6. The Hall–Kier alpha value is -0.900. The molecule has 0 aromatic rings. The van der Waals surface area contributed by atoms with E-state index in [0.717, 1.165) is 32.1 Å². The normalized spacial score (nSPS) is 21.8. The molecule has 1 saturated heterocycles. The lowest BCUT2D eigenvalue weighted by Gasteiger charge is -2.26. The van der Waals surface area contributed by atoms with Gasteiger partial charge in [-0.1, -0.05) is 0 Å². The molecule has 1 heterocycles. The van der Waals surface area contributed by atoms with Gasteiger partial charge in [-0.2, -0.15) is 0 Å². The minimum absolute atomic E-state index is 0.391. The van der Waals surface area contributed by atoms with Crippen LogP contribution >= 0.6 is 0 Å². The standard InChI is InChI=1S/C8H14N2O2/c1-9-5-2-8(3-6-9)4-7-10(11)12/h4,7-8H,2-3,5-6H2,1H3/b7-4+. The number of hydrogen-bond acceptors (Lipinski definition) is 3. The van der Waals surface area contributed by atoms with Crippen LogP contribution in [0.5, 0.6) is 0 Å². The van der Waals surface area contributed by atoms with Crippen molar-refractivity contribution < 1.29 is 4.92 Å². The first-order valence-electron chi connectivity index (χ1n) is 4.19. The zero-order valence-corrected chi connectivity index (χ0v) is 7.27. The summed E-state index contributed by atoms with van der Waals surface area (Å²) in [7, 11) is 2.08. The van der Waals surface area contributed by atoms with E-state index in [9.17, 15) is 10.1 Å². The summed E-state index contributed by atoms with van der Waals surface area (Å²) in [6, 6.07) is 0. The molecule has 4 heteroatoms. The van der Waals surface area contributed by atoms with Crippen LogP contribution in [-0.4, -0.2) is 30.0 Å². The van der Waals surface area contributed by atoms with Crippen LogP contribution in [0, 0.1) is 16.0 Å². The molecule has 0 saturated carbocycles. The zero-order valence-electron chi connectivity index (χ0n) is 7.27. The molecular formula is C8H14N2O2. The molecule has 0 aliphatic carbocycles. The highest BCUT2D eigenvalue weighted by Crippen LogP contribution is 2.16. The first-order chi connectivity index (χ1) is 5.68. The molecule has 1 fully saturated rings. The molecule has 0 unspecified atom stereocenters. The van der Waals surface area contributed by atoms with Gasteiger partial charge in [-0.3, -0.25) is 10.1 Å². The third-order valence-corrected chi connectivity index (χ3v) is 2.24. The predicted molar refractivity (Wildman–Crippen MR) is 46.4 cm³/mol. The SMILES string of the molecule is CN1CCC(/C=C/[N+](=O)[O-])CC1. The second kappa shape index (κ2) is 4.21. The van der Waals surface area contributed by atoms with Crippen molar-refractivity contribution in [3.8, 4) is 0 Å². The number of nitrogens with zero attached hydrogens (tertiary/aromatic N) is 2. The van der Waals surface area contributed by atoms with Gasteiger partial charge in [-0.05, 0) is 45.0 Å². The van der Waals surface area contributed by atoms with Crippen LogP contribution in [0.2, 0.25) is 0 Å². The molecule has 4 nitrogen and oxygen atoms in total. The van der Waals surface area contributed by atoms with E-state index in [2.05, 4.69) is 11.9 Å². The minimum atomic E-state index is -0.391. The van der Waals surface area contributed by atoms with Gasteiger partial charge >= 0.3 is 0 Å². The molecule has 0 atom stereocenters.